The number of hydrogen-bond acceptors (Lipinski definition) is 2. The number of carbonyl (C=O) groups is 2. The normalized spacial score (nSPS) is 40.0. The molecule has 11 heavy (non-hydrogen) atoms. The maximum Gasteiger partial charge on any atom is 0.307 e. The molecule has 0 heterocycles. The second kappa shape index (κ2) is 1.94. The number of fused-ring (bicyclic) bond motifs is 2. The highest BCUT2D eigenvalue weighted by Crippen LogP contribution is 2.40. The molecular formula is C8H8O3. The molecule has 0 spiro atoms. The van der Waals surface area contributed by atoms with Crippen molar-refractivity contribution in [2.75, 3.05) is 0 Å². The Balaban J connectivity index is 2.28. The third kappa shape index (κ3) is 0.737. The summed E-state index contributed by atoms with van der Waals surface area (Å²) in [5.41, 5.74) is 0. The quantitative estimate of drug-likeness (QED) is 0.555. The number of hydrogen-bond donors (Lipinski definition) is 1. The highest BCUT2D eigenvalue weighted by Gasteiger charge is 2.46. The monoisotopic (exact) mass is 152 g/mol. The fraction of sp³-hybridized carbons (Fsp3) is 0.500. The van der Waals surface area contributed by atoms with Crippen molar-refractivity contribution in [3.8, 4) is 0 Å². The lowest BCUT2D eigenvalue weighted by atomic mass is 9.94. The molecule has 58 valence electrons. The van der Waals surface area contributed by atoms with Crippen molar-refractivity contribution in [1.82, 2.24) is 0 Å². The predicted molar refractivity (Wildman–Crippen MR) is 36.9 cm³/mol. The molecule has 2 aliphatic rings. The van der Waals surface area contributed by atoms with Gasteiger partial charge in [-0.2, -0.15) is 0 Å². The van der Waals surface area contributed by atoms with Crippen molar-refractivity contribution in [2.24, 2.45) is 17.8 Å². The van der Waals surface area contributed by atoms with Crippen molar-refractivity contribution in [3.05, 3.63) is 12.2 Å². The molecule has 3 nitrogen and oxygen atoms in total. The van der Waals surface area contributed by atoms with Crippen LogP contribution in [-0.4, -0.2) is 16.9 Å². The average Bonchev–Trinajstić information content (AvgIpc) is 2.46. The van der Waals surface area contributed by atoms with Crippen LogP contribution < -0.4 is 0 Å². The molecule has 0 radical (unpaired) electrons. The number of carboxylic acids is 1. The van der Waals surface area contributed by atoms with E-state index >= 15 is 0 Å². The minimum absolute atomic E-state index is 0.0948. The lowest BCUT2D eigenvalue weighted by molar-refractivity contribution is -0.143. The van der Waals surface area contributed by atoms with E-state index in [0.29, 0.717) is 6.42 Å². The molecule has 2 rings (SSSR count). The SMILES string of the molecule is O=C1[C@@H]2C=C[C@H]1[C@@H](C(=O)O)C2. The Morgan fingerprint density at radius 3 is 2.55 bits per heavy atom. The minimum Gasteiger partial charge on any atom is -0.481 e. The van der Waals surface area contributed by atoms with Gasteiger partial charge in [0.1, 0.15) is 5.78 Å². The summed E-state index contributed by atoms with van der Waals surface area (Å²) in [7, 11) is 0. The van der Waals surface area contributed by atoms with Gasteiger partial charge in [0.2, 0.25) is 0 Å². The van der Waals surface area contributed by atoms with Crippen molar-refractivity contribution in [3.63, 3.8) is 0 Å². The van der Waals surface area contributed by atoms with E-state index in [0.717, 1.165) is 0 Å². The van der Waals surface area contributed by atoms with Crippen LogP contribution in [0.25, 0.3) is 0 Å². The van der Waals surface area contributed by atoms with Crippen LogP contribution in [-0.2, 0) is 9.59 Å². The fourth-order valence-electron chi connectivity index (χ4n) is 1.89. The summed E-state index contributed by atoms with van der Waals surface area (Å²) < 4.78 is 0. The molecule has 0 aromatic rings. The Kier molecular flexibility index (Phi) is 1.16. The number of carboxylic acid groups (broad SMARTS) is 1. The van der Waals surface area contributed by atoms with E-state index < -0.39 is 11.9 Å². The van der Waals surface area contributed by atoms with Crippen LogP contribution in [0.5, 0.6) is 0 Å². The Labute approximate surface area is 63.7 Å². The third-order valence-corrected chi connectivity index (χ3v) is 2.50. The van der Waals surface area contributed by atoms with Crippen molar-refractivity contribution in [2.45, 2.75) is 6.42 Å². The molecule has 1 fully saturated rings. The molecule has 0 aromatic heterocycles. The summed E-state index contributed by atoms with van der Waals surface area (Å²) >= 11 is 0. The van der Waals surface area contributed by atoms with Crippen LogP contribution in [0.3, 0.4) is 0 Å². The number of rotatable bonds is 1. The molecule has 3 atom stereocenters. The number of allylic oxidation sites excluding steroid dienone is 2. The van der Waals surface area contributed by atoms with Crippen LogP contribution in [0.4, 0.5) is 0 Å². The summed E-state index contributed by atoms with van der Waals surface area (Å²) in [4.78, 5) is 21.7. The van der Waals surface area contributed by atoms with E-state index in [1.807, 2.05) is 6.08 Å². The Bertz CT molecular complexity index is 254. The van der Waals surface area contributed by atoms with Crippen molar-refractivity contribution < 1.29 is 14.7 Å². The summed E-state index contributed by atoms with van der Waals surface area (Å²) in [6.07, 6.45) is 4.07. The van der Waals surface area contributed by atoms with Crippen LogP contribution in [0.1, 0.15) is 6.42 Å². The average molecular weight is 152 g/mol. The van der Waals surface area contributed by atoms with E-state index in [1.165, 1.54) is 0 Å². The van der Waals surface area contributed by atoms with Crippen molar-refractivity contribution >= 4 is 11.8 Å². The first-order valence-electron chi connectivity index (χ1n) is 3.65. The van der Waals surface area contributed by atoms with Gasteiger partial charge in [-0.25, -0.2) is 0 Å². The number of carbonyl (C=O) groups excluding carboxylic acids is 1. The van der Waals surface area contributed by atoms with E-state index in [4.69, 9.17) is 5.11 Å². The molecule has 1 N–H and O–H groups in total. The summed E-state index contributed by atoms with van der Waals surface area (Å²) in [5, 5.41) is 8.67. The molecule has 1 saturated carbocycles. The lowest BCUT2D eigenvalue weighted by Gasteiger charge is -2.09. The zero-order valence-electron chi connectivity index (χ0n) is 5.86. The molecule has 0 amide bonds. The first-order chi connectivity index (χ1) is 5.20. The molecule has 0 aliphatic heterocycles. The Morgan fingerprint density at radius 1 is 1.55 bits per heavy atom. The van der Waals surface area contributed by atoms with Gasteiger partial charge in [0, 0.05) is 11.8 Å². The van der Waals surface area contributed by atoms with Crippen LogP contribution in [0.2, 0.25) is 0 Å². The fourth-order valence-corrected chi connectivity index (χ4v) is 1.89. The van der Waals surface area contributed by atoms with Crippen LogP contribution >= 0.6 is 0 Å². The van der Waals surface area contributed by atoms with Crippen LogP contribution in [0.15, 0.2) is 12.2 Å². The zero-order chi connectivity index (χ0) is 8.01. The summed E-state index contributed by atoms with van der Waals surface area (Å²) in [6, 6.07) is 0. The van der Waals surface area contributed by atoms with E-state index in [9.17, 15) is 9.59 Å². The Hall–Kier alpha value is -1.12. The molecule has 0 saturated heterocycles. The second-order valence-corrected chi connectivity index (χ2v) is 3.10. The number of aliphatic carboxylic acids is 1. The summed E-state index contributed by atoms with van der Waals surface area (Å²) in [6.45, 7) is 0. The molecular weight excluding hydrogens is 144 g/mol. The molecule has 2 aliphatic carbocycles. The third-order valence-electron chi connectivity index (χ3n) is 2.50. The highest BCUT2D eigenvalue weighted by atomic mass is 16.4. The summed E-state index contributed by atoms with van der Waals surface area (Å²) in [5.74, 6) is -1.61. The molecule has 0 unspecified atom stereocenters. The lowest BCUT2D eigenvalue weighted by Crippen LogP contribution is -2.19. The van der Waals surface area contributed by atoms with Gasteiger partial charge < -0.3 is 5.11 Å². The maximum atomic E-state index is 11.2. The van der Waals surface area contributed by atoms with Gasteiger partial charge in [0.05, 0.1) is 5.92 Å². The second-order valence-electron chi connectivity index (χ2n) is 3.10. The van der Waals surface area contributed by atoms with Gasteiger partial charge in [-0.1, -0.05) is 12.2 Å². The first kappa shape index (κ1) is 6.58. The van der Waals surface area contributed by atoms with Gasteiger partial charge in [0.15, 0.2) is 0 Å². The zero-order valence-corrected chi connectivity index (χ0v) is 5.86. The topological polar surface area (TPSA) is 54.4 Å². The number of ketones is 1. The molecule has 0 aromatic carbocycles. The van der Waals surface area contributed by atoms with Gasteiger partial charge in [-0.05, 0) is 6.42 Å². The van der Waals surface area contributed by atoms with Gasteiger partial charge in [0.25, 0.3) is 0 Å². The standard InChI is InChI=1S/C8H8O3/c9-7-4-1-2-5(7)6(3-4)8(10)11/h1-2,4-6H,3H2,(H,10,11)/t4-,5+,6+/m1/s1. The van der Waals surface area contributed by atoms with E-state index in [2.05, 4.69) is 0 Å². The number of Topliss-reactive ketones (excluding diaryl/α,β-unsaturated/α-hetero) is 1. The van der Waals surface area contributed by atoms with E-state index in [1.54, 1.807) is 6.08 Å². The molecule has 3 heteroatoms. The largest absolute Gasteiger partial charge is 0.481 e. The van der Waals surface area contributed by atoms with Gasteiger partial charge in [-0.15, -0.1) is 0 Å². The smallest absolute Gasteiger partial charge is 0.307 e. The first-order valence-corrected chi connectivity index (χ1v) is 3.65. The van der Waals surface area contributed by atoms with Crippen molar-refractivity contribution in [1.29, 1.82) is 0 Å². The molecule has 2 bridgehead atoms. The van der Waals surface area contributed by atoms with E-state index in [-0.39, 0.29) is 17.6 Å². The van der Waals surface area contributed by atoms with Gasteiger partial charge >= 0.3 is 5.97 Å². The predicted octanol–water partition coefficient (Wildman–Crippen LogP) is 0.462. The minimum atomic E-state index is -0.838. The van der Waals surface area contributed by atoms with Crippen LogP contribution in [0, 0.1) is 17.8 Å². The van der Waals surface area contributed by atoms with Gasteiger partial charge in [-0.3, -0.25) is 9.59 Å². The Morgan fingerprint density at radius 2 is 2.27 bits per heavy atom. The highest BCUT2D eigenvalue weighted by molar-refractivity contribution is 5.96. The maximum absolute atomic E-state index is 11.2.